The van der Waals surface area contributed by atoms with Crippen molar-refractivity contribution in [2.45, 2.75) is 33.7 Å². The Hall–Kier alpha value is -1.56. The summed E-state index contributed by atoms with van der Waals surface area (Å²) in [6, 6.07) is 7.75. The minimum absolute atomic E-state index is 0.171. The van der Waals surface area contributed by atoms with Crippen LogP contribution in [0.3, 0.4) is 0 Å². The number of aromatic nitrogens is 1. The summed E-state index contributed by atoms with van der Waals surface area (Å²) in [6.07, 6.45) is 0. The molecule has 1 heterocycles. The van der Waals surface area contributed by atoms with Crippen LogP contribution in [0.15, 0.2) is 18.2 Å². The fourth-order valence-electron chi connectivity index (χ4n) is 1.02. The summed E-state index contributed by atoms with van der Waals surface area (Å²) >= 11 is 0. The second kappa shape index (κ2) is 4.31. The van der Waals surface area contributed by atoms with E-state index < -0.39 is 0 Å². The molecule has 0 saturated carbocycles. The average molecular weight is 203 g/mol. The van der Waals surface area contributed by atoms with E-state index >= 15 is 0 Å². The monoisotopic (exact) mass is 203 g/mol. The molecule has 1 aromatic heterocycles. The fraction of sp³-hybridized carbons (Fsp3) is 0.500. The first-order valence-corrected chi connectivity index (χ1v) is 5.07. The van der Waals surface area contributed by atoms with Gasteiger partial charge in [0.05, 0.1) is 0 Å². The van der Waals surface area contributed by atoms with Crippen molar-refractivity contribution in [2.75, 3.05) is 5.32 Å². The lowest BCUT2D eigenvalue weighted by atomic mass is 9.88. The summed E-state index contributed by atoms with van der Waals surface area (Å²) < 4.78 is 0. The maximum atomic E-state index is 8.72. The van der Waals surface area contributed by atoms with Crippen LogP contribution >= 0.6 is 0 Å². The number of rotatable bonds is 2. The van der Waals surface area contributed by atoms with E-state index in [4.69, 9.17) is 5.26 Å². The van der Waals surface area contributed by atoms with Crippen LogP contribution in [0, 0.1) is 16.7 Å². The first kappa shape index (κ1) is 11.5. The van der Waals surface area contributed by atoms with Crippen molar-refractivity contribution >= 4 is 5.82 Å². The van der Waals surface area contributed by atoms with E-state index in [9.17, 15) is 0 Å². The Balaban J connectivity index is 2.78. The highest BCUT2D eigenvalue weighted by atomic mass is 15.0. The molecule has 0 aliphatic rings. The molecule has 0 aliphatic carbocycles. The van der Waals surface area contributed by atoms with Gasteiger partial charge in [0, 0.05) is 6.04 Å². The van der Waals surface area contributed by atoms with E-state index in [1.807, 2.05) is 18.2 Å². The van der Waals surface area contributed by atoms with Crippen molar-refractivity contribution in [3.8, 4) is 6.07 Å². The van der Waals surface area contributed by atoms with Crippen LogP contribution in [0.1, 0.15) is 33.4 Å². The molecule has 15 heavy (non-hydrogen) atoms. The first-order valence-electron chi connectivity index (χ1n) is 5.07. The molecule has 0 bridgehead atoms. The van der Waals surface area contributed by atoms with E-state index in [1.165, 1.54) is 0 Å². The Morgan fingerprint density at radius 2 is 2.07 bits per heavy atom. The lowest BCUT2D eigenvalue weighted by molar-refractivity contribution is 0.359. The zero-order valence-electron chi connectivity index (χ0n) is 9.70. The number of nitrogens with one attached hydrogen (secondary N) is 1. The van der Waals surface area contributed by atoms with Crippen LogP contribution in [-0.2, 0) is 0 Å². The van der Waals surface area contributed by atoms with Crippen LogP contribution in [0.4, 0.5) is 5.82 Å². The van der Waals surface area contributed by atoms with Gasteiger partial charge >= 0.3 is 0 Å². The molecular formula is C12H17N3. The van der Waals surface area contributed by atoms with Crippen molar-refractivity contribution in [3.63, 3.8) is 0 Å². The molecule has 0 fully saturated rings. The van der Waals surface area contributed by atoms with E-state index in [2.05, 4.69) is 38.0 Å². The highest BCUT2D eigenvalue weighted by Crippen LogP contribution is 2.21. The van der Waals surface area contributed by atoms with Gasteiger partial charge in [0.1, 0.15) is 17.6 Å². The van der Waals surface area contributed by atoms with E-state index in [0.717, 1.165) is 5.82 Å². The van der Waals surface area contributed by atoms with Crippen LogP contribution < -0.4 is 5.32 Å². The molecule has 1 unspecified atom stereocenters. The molecule has 0 spiro atoms. The van der Waals surface area contributed by atoms with Gasteiger partial charge in [0.25, 0.3) is 0 Å². The van der Waals surface area contributed by atoms with Gasteiger partial charge < -0.3 is 5.32 Å². The zero-order chi connectivity index (χ0) is 11.5. The molecule has 80 valence electrons. The standard InChI is InChI=1S/C12H17N3/c1-9(12(2,3)4)14-11-7-5-6-10(8-13)15-11/h5-7,9H,1-4H3,(H,14,15). The summed E-state index contributed by atoms with van der Waals surface area (Å²) in [5.74, 6) is 0.761. The molecule has 0 aliphatic heterocycles. The first-order chi connectivity index (χ1) is 6.93. The predicted molar refractivity (Wildman–Crippen MR) is 61.5 cm³/mol. The van der Waals surface area contributed by atoms with Gasteiger partial charge in [-0.25, -0.2) is 4.98 Å². The SMILES string of the molecule is CC(Nc1cccc(C#N)n1)C(C)(C)C. The maximum Gasteiger partial charge on any atom is 0.142 e. The predicted octanol–water partition coefficient (Wildman–Crippen LogP) is 2.80. The van der Waals surface area contributed by atoms with Crippen LogP contribution in [-0.4, -0.2) is 11.0 Å². The number of pyridine rings is 1. The summed E-state index contributed by atoms with van der Waals surface area (Å²) in [7, 11) is 0. The Morgan fingerprint density at radius 3 is 2.60 bits per heavy atom. The highest BCUT2D eigenvalue weighted by molar-refractivity contribution is 5.39. The highest BCUT2D eigenvalue weighted by Gasteiger charge is 2.19. The van der Waals surface area contributed by atoms with Gasteiger partial charge in [-0.2, -0.15) is 5.26 Å². The van der Waals surface area contributed by atoms with E-state index in [1.54, 1.807) is 6.07 Å². The normalized spacial score (nSPS) is 13.0. The molecular weight excluding hydrogens is 186 g/mol. The third-order valence-electron chi connectivity index (χ3n) is 2.53. The summed E-state index contributed by atoms with van der Waals surface area (Å²) in [6.45, 7) is 8.61. The summed E-state index contributed by atoms with van der Waals surface area (Å²) in [4.78, 5) is 4.17. The van der Waals surface area contributed by atoms with Crippen LogP contribution in [0.5, 0.6) is 0 Å². The molecule has 3 heteroatoms. The average Bonchev–Trinajstić information content (AvgIpc) is 2.16. The molecule has 1 N–H and O–H groups in total. The minimum Gasteiger partial charge on any atom is -0.367 e. The Bertz CT molecular complexity index is 371. The second-order valence-corrected chi connectivity index (χ2v) is 4.75. The number of hydrogen-bond donors (Lipinski definition) is 1. The number of nitrogens with zero attached hydrogens (tertiary/aromatic N) is 2. The largest absolute Gasteiger partial charge is 0.367 e. The third-order valence-corrected chi connectivity index (χ3v) is 2.53. The van der Waals surface area contributed by atoms with E-state index in [-0.39, 0.29) is 5.41 Å². The quantitative estimate of drug-likeness (QED) is 0.804. The van der Waals surface area contributed by atoms with Crippen LogP contribution in [0.2, 0.25) is 0 Å². The lowest BCUT2D eigenvalue weighted by Gasteiger charge is -2.28. The number of hydrogen-bond acceptors (Lipinski definition) is 3. The maximum absolute atomic E-state index is 8.72. The zero-order valence-corrected chi connectivity index (χ0v) is 9.70. The van der Waals surface area contributed by atoms with Gasteiger partial charge in [0.15, 0.2) is 0 Å². The number of nitriles is 1. The Labute approximate surface area is 91.1 Å². The lowest BCUT2D eigenvalue weighted by Crippen LogP contribution is -2.31. The molecule has 0 saturated heterocycles. The summed E-state index contributed by atoms with van der Waals surface area (Å²) in [5.41, 5.74) is 0.616. The van der Waals surface area contributed by atoms with Gasteiger partial charge in [0.2, 0.25) is 0 Å². The number of anilines is 1. The van der Waals surface area contributed by atoms with Crippen molar-refractivity contribution < 1.29 is 0 Å². The molecule has 0 aromatic carbocycles. The molecule has 0 amide bonds. The molecule has 3 nitrogen and oxygen atoms in total. The fourth-order valence-corrected chi connectivity index (χ4v) is 1.02. The Morgan fingerprint density at radius 1 is 1.40 bits per heavy atom. The molecule has 0 radical (unpaired) electrons. The van der Waals surface area contributed by atoms with E-state index in [0.29, 0.717) is 11.7 Å². The van der Waals surface area contributed by atoms with Gasteiger partial charge in [-0.15, -0.1) is 0 Å². The molecule has 1 rings (SSSR count). The molecule has 1 atom stereocenters. The van der Waals surface area contributed by atoms with Crippen molar-refractivity contribution in [3.05, 3.63) is 23.9 Å². The minimum atomic E-state index is 0.171. The van der Waals surface area contributed by atoms with Gasteiger partial charge in [-0.1, -0.05) is 26.8 Å². The molecule has 1 aromatic rings. The van der Waals surface area contributed by atoms with Crippen molar-refractivity contribution in [1.82, 2.24) is 4.98 Å². The van der Waals surface area contributed by atoms with Gasteiger partial charge in [-0.3, -0.25) is 0 Å². The van der Waals surface area contributed by atoms with Crippen LogP contribution in [0.25, 0.3) is 0 Å². The van der Waals surface area contributed by atoms with Gasteiger partial charge in [-0.05, 0) is 24.5 Å². The summed E-state index contributed by atoms with van der Waals surface area (Å²) in [5, 5.41) is 12.0. The Kier molecular flexibility index (Phi) is 3.31. The van der Waals surface area contributed by atoms with Crippen molar-refractivity contribution in [1.29, 1.82) is 5.26 Å². The van der Waals surface area contributed by atoms with Crippen molar-refractivity contribution in [2.24, 2.45) is 5.41 Å². The smallest absolute Gasteiger partial charge is 0.142 e. The topological polar surface area (TPSA) is 48.7 Å². The second-order valence-electron chi connectivity index (χ2n) is 4.75. The third kappa shape index (κ3) is 3.25.